The number of alkyl halides is 1. The van der Waals surface area contributed by atoms with Crippen LogP contribution in [-0.2, 0) is 4.79 Å². The van der Waals surface area contributed by atoms with Crippen molar-refractivity contribution in [1.29, 1.82) is 0 Å². The number of carbonyl (C=O) groups is 1. The van der Waals surface area contributed by atoms with Gasteiger partial charge in [0.1, 0.15) is 0 Å². The highest BCUT2D eigenvalue weighted by atomic mass is 35.5. The summed E-state index contributed by atoms with van der Waals surface area (Å²) in [6, 6.07) is 4.22. The largest absolute Gasteiger partial charge is 0.490 e. The van der Waals surface area contributed by atoms with E-state index in [1.165, 1.54) is 25.3 Å². The molecule has 0 atom stereocenters. The molecule has 1 aromatic carbocycles. The van der Waals surface area contributed by atoms with Crippen molar-refractivity contribution in [3.63, 3.8) is 0 Å². The van der Waals surface area contributed by atoms with Gasteiger partial charge < -0.3 is 10.1 Å². The molecule has 0 heterocycles. The van der Waals surface area contributed by atoms with Crippen molar-refractivity contribution in [3.05, 3.63) is 28.3 Å². The number of amides is 1. The zero-order valence-corrected chi connectivity index (χ0v) is 11.7. The Balaban J connectivity index is 3.01. The highest BCUT2D eigenvalue weighted by Gasteiger charge is 2.27. The molecule has 0 aliphatic rings. The van der Waals surface area contributed by atoms with Crippen LogP contribution in [0.1, 0.15) is 13.8 Å². The molecule has 0 unspecified atom stereocenters. The van der Waals surface area contributed by atoms with Crippen LogP contribution in [0.4, 0.5) is 11.4 Å². The van der Waals surface area contributed by atoms with Gasteiger partial charge in [0.15, 0.2) is 5.75 Å². The van der Waals surface area contributed by atoms with Gasteiger partial charge in [-0.3, -0.25) is 14.9 Å². The molecule has 0 aromatic heterocycles. The number of anilines is 1. The SMILES string of the molecule is COc1ccc(NC(=O)C(C)(C)CCl)cc1[N+](=O)[O-]. The van der Waals surface area contributed by atoms with Gasteiger partial charge in [-0.05, 0) is 26.0 Å². The van der Waals surface area contributed by atoms with E-state index >= 15 is 0 Å². The first-order valence-electron chi connectivity index (χ1n) is 5.51. The minimum Gasteiger partial charge on any atom is -0.490 e. The number of rotatable bonds is 5. The number of hydrogen-bond acceptors (Lipinski definition) is 4. The predicted molar refractivity (Wildman–Crippen MR) is 72.8 cm³/mol. The van der Waals surface area contributed by atoms with Crippen molar-refractivity contribution in [2.45, 2.75) is 13.8 Å². The second-order valence-electron chi connectivity index (χ2n) is 4.62. The van der Waals surface area contributed by atoms with Crippen LogP contribution in [0, 0.1) is 15.5 Å². The van der Waals surface area contributed by atoms with Crippen LogP contribution in [0.5, 0.6) is 5.75 Å². The molecule has 104 valence electrons. The molecule has 0 saturated carbocycles. The topological polar surface area (TPSA) is 81.5 Å². The smallest absolute Gasteiger partial charge is 0.312 e. The molecule has 1 amide bonds. The second kappa shape index (κ2) is 5.88. The molecule has 7 heteroatoms. The molecule has 1 rings (SSSR count). The Hall–Kier alpha value is -1.82. The first-order chi connectivity index (χ1) is 8.81. The molecule has 6 nitrogen and oxygen atoms in total. The zero-order chi connectivity index (χ0) is 14.6. The van der Waals surface area contributed by atoms with Crippen LogP contribution in [0.2, 0.25) is 0 Å². The van der Waals surface area contributed by atoms with Crippen LogP contribution in [0.25, 0.3) is 0 Å². The van der Waals surface area contributed by atoms with E-state index in [1.807, 2.05) is 0 Å². The van der Waals surface area contributed by atoms with E-state index in [0.717, 1.165) is 0 Å². The summed E-state index contributed by atoms with van der Waals surface area (Å²) >= 11 is 5.69. The Labute approximate surface area is 115 Å². The number of benzene rings is 1. The van der Waals surface area contributed by atoms with Crippen molar-refractivity contribution in [1.82, 2.24) is 0 Å². The summed E-state index contributed by atoms with van der Waals surface area (Å²) in [7, 11) is 1.34. The lowest BCUT2D eigenvalue weighted by Gasteiger charge is -2.20. The van der Waals surface area contributed by atoms with Gasteiger partial charge in [-0.15, -0.1) is 11.6 Å². The number of carbonyl (C=O) groups excluding carboxylic acids is 1. The molecule has 0 fully saturated rings. The highest BCUT2D eigenvalue weighted by Crippen LogP contribution is 2.30. The Bertz CT molecular complexity index is 503. The summed E-state index contributed by atoms with van der Waals surface area (Å²) in [4.78, 5) is 22.2. The molecule has 19 heavy (non-hydrogen) atoms. The van der Waals surface area contributed by atoms with Gasteiger partial charge in [0.25, 0.3) is 0 Å². The molecule has 0 saturated heterocycles. The van der Waals surface area contributed by atoms with Gasteiger partial charge in [0.05, 0.1) is 17.4 Å². The van der Waals surface area contributed by atoms with Gasteiger partial charge in [-0.1, -0.05) is 0 Å². The molecular weight excluding hydrogens is 272 g/mol. The Morgan fingerprint density at radius 2 is 2.16 bits per heavy atom. The highest BCUT2D eigenvalue weighted by molar-refractivity contribution is 6.20. The average Bonchev–Trinajstić information content (AvgIpc) is 2.38. The standard InChI is InChI=1S/C12H15ClN2O4/c1-12(2,7-13)11(16)14-8-4-5-10(19-3)9(6-8)15(17)18/h4-6H,7H2,1-3H3,(H,14,16). The fourth-order valence-corrected chi connectivity index (χ4v) is 1.39. The minimum absolute atomic E-state index is 0.139. The fraction of sp³-hybridized carbons (Fsp3) is 0.417. The van der Waals surface area contributed by atoms with Gasteiger partial charge in [-0.2, -0.15) is 0 Å². The van der Waals surface area contributed by atoms with Crippen molar-refractivity contribution in [2.75, 3.05) is 18.3 Å². The molecular formula is C12H15ClN2O4. The Morgan fingerprint density at radius 1 is 1.53 bits per heavy atom. The maximum absolute atomic E-state index is 11.9. The van der Waals surface area contributed by atoms with Gasteiger partial charge in [0.2, 0.25) is 5.91 Å². The van der Waals surface area contributed by atoms with E-state index in [9.17, 15) is 14.9 Å². The summed E-state index contributed by atoms with van der Waals surface area (Å²) in [6.07, 6.45) is 0. The number of nitro groups is 1. The third kappa shape index (κ3) is 3.57. The van der Waals surface area contributed by atoms with Crippen molar-refractivity contribution < 1.29 is 14.5 Å². The number of halogens is 1. The van der Waals surface area contributed by atoms with Crippen molar-refractivity contribution >= 4 is 28.9 Å². The molecule has 1 N–H and O–H groups in total. The third-order valence-electron chi connectivity index (χ3n) is 2.58. The van der Waals surface area contributed by atoms with Crippen molar-refractivity contribution in [3.8, 4) is 5.75 Å². The van der Waals surface area contributed by atoms with E-state index in [2.05, 4.69) is 5.32 Å². The van der Waals surface area contributed by atoms with Crippen LogP contribution >= 0.6 is 11.6 Å². The normalized spacial score (nSPS) is 10.9. The van der Waals surface area contributed by atoms with Gasteiger partial charge in [-0.25, -0.2) is 0 Å². The quantitative estimate of drug-likeness (QED) is 0.512. The maximum atomic E-state index is 11.9. The average molecular weight is 287 g/mol. The lowest BCUT2D eigenvalue weighted by atomic mass is 9.95. The molecule has 0 aliphatic heterocycles. The van der Waals surface area contributed by atoms with E-state index < -0.39 is 10.3 Å². The number of ether oxygens (including phenoxy) is 1. The molecule has 0 aliphatic carbocycles. The second-order valence-corrected chi connectivity index (χ2v) is 4.88. The molecule has 1 aromatic rings. The predicted octanol–water partition coefficient (Wildman–Crippen LogP) is 2.81. The van der Waals surface area contributed by atoms with Crippen LogP contribution in [-0.4, -0.2) is 23.8 Å². The fourth-order valence-electron chi connectivity index (χ4n) is 1.27. The summed E-state index contributed by atoms with van der Waals surface area (Å²) in [5.41, 5.74) is -0.629. The van der Waals surface area contributed by atoms with Crippen LogP contribution in [0.3, 0.4) is 0 Å². The van der Waals surface area contributed by atoms with E-state index in [1.54, 1.807) is 13.8 Å². The van der Waals surface area contributed by atoms with E-state index in [-0.39, 0.29) is 23.2 Å². The first kappa shape index (κ1) is 15.2. The minimum atomic E-state index is -0.754. The Morgan fingerprint density at radius 3 is 2.63 bits per heavy atom. The van der Waals surface area contributed by atoms with E-state index in [0.29, 0.717) is 5.69 Å². The maximum Gasteiger partial charge on any atom is 0.312 e. The molecule has 0 radical (unpaired) electrons. The van der Waals surface area contributed by atoms with E-state index in [4.69, 9.17) is 16.3 Å². The number of nitrogens with one attached hydrogen (secondary N) is 1. The summed E-state index contributed by atoms with van der Waals surface area (Å²) in [5.74, 6) is -0.0153. The van der Waals surface area contributed by atoms with Crippen molar-refractivity contribution in [2.24, 2.45) is 5.41 Å². The number of nitrogens with zero attached hydrogens (tertiary/aromatic N) is 1. The van der Waals surface area contributed by atoms with Gasteiger partial charge >= 0.3 is 5.69 Å². The number of methoxy groups -OCH3 is 1. The summed E-state index contributed by atoms with van der Waals surface area (Å²) < 4.78 is 4.88. The number of hydrogen-bond donors (Lipinski definition) is 1. The summed E-state index contributed by atoms with van der Waals surface area (Å²) in [6.45, 7) is 3.38. The first-order valence-corrected chi connectivity index (χ1v) is 6.05. The zero-order valence-electron chi connectivity index (χ0n) is 10.9. The lowest BCUT2D eigenvalue weighted by Crippen LogP contribution is -2.32. The lowest BCUT2D eigenvalue weighted by molar-refractivity contribution is -0.385. The number of nitro benzene ring substituents is 1. The van der Waals surface area contributed by atoms with Crippen LogP contribution < -0.4 is 10.1 Å². The monoisotopic (exact) mass is 286 g/mol. The Kier molecular flexibility index (Phi) is 4.72. The third-order valence-corrected chi connectivity index (χ3v) is 3.25. The molecule has 0 bridgehead atoms. The molecule has 0 spiro atoms. The van der Waals surface area contributed by atoms with Crippen LogP contribution in [0.15, 0.2) is 18.2 Å². The van der Waals surface area contributed by atoms with Gasteiger partial charge in [0, 0.05) is 17.6 Å². The summed E-state index contributed by atoms with van der Waals surface area (Å²) in [5, 5.41) is 13.5.